The number of amides is 2. The molecule has 1 saturated carbocycles. The van der Waals surface area contributed by atoms with Crippen molar-refractivity contribution in [3.63, 3.8) is 0 Å². The summed E-state index contributed by atoms with van der Waals surface area (Å²) in [6.45, 7) is 4.29. The monoisotopic (exact) mass is 325 g/mol. The molecule has 6 nitrogen and oxygen atoms in total. The van der Waals surface area contributed by atoms with E-state index in [1.807, 2.05) is 9.80 Å². The van der Waals surface area contributed by atoms with Crippen LogP contribution in [0.1, 0.15) is 38.5 Å². The van der Waals surface area contributed by atoms with Crippen LogP contribution in [0, 0.1) is 5.92 Å². The molecule has 0 aromatic rings. The van der Waals surface area contributed by atoms with Gasteiger partial charge in [-0.25, -0.2) is 0 Å². The number of methoxy groups -OCH3 is 1. The van der Waals surface area contributed by atoms with Gasteiger partial charge in [0.15, 0.2) is 0 Å². The summed E-state index contributed by atoms with van der Waals surface area (Å²) < 4.78 is 4.94. The lowest BCUT2D eigenvalue weighted by atomic mass is 10.0. The Balaban J connectivity index is 1.60. The highest BCUT2D eigenvalue weighted by Gasteiger charge is 2.24. The Kier molecular flexibility index (Phi) is 7.82. The summed E-state index contributed by atoms with van der Waals surface area (Å²) in [5.74, 6) is 1.14. The van der Waals surface area contributed by atoms with Crippen molar-refractivity contribution in [1.29, 1.82) is 0 Å². The van der Waals surface area contributed by atoms with E-state index in [1.54, 1.807) is 7.11 Å². The Bertz CT molecular complexity index is 375. The fraction of sp³-hybridized carbons (Fsp3) is 0.882. The van der Waals surface area contributed by atoms with E-state index >= 15 is 0 Å². The van der Waals surface area contributed by atoms with Crippen LogP contribution >= 0.6 is 0 Å². The molecule has 1 saturated heterocycles. The molecule has 0 radical (unpaired) electrons. The topological polar surface area (TPSA) is 61.9 Å². The smallest absolute Gasteiger partial charge is 0.236 e. The third-order valence-corrected chi connectivity index (χ3v) is 4.99. The summed E-state index contributed by atoms with van der Waals surface area (Å²) >= 11 is 0. The molecule has 0 spiro atoms. The van der Waals surface area contributed by atoms with E-state index in [4.69, 9.17) is 4.74 Å². The summed E-state index contributed by atoms with van der Waals surface area (Å²) in [6, 6.07) is 0. The highest BCUT2D eigenvalue weighted by molar-refractivity contribution is 5.79. The SMILES string of the molecule is COCCNCC(=O)N1CCN(C(=O)CCC2CCCC2)CC1. The van der Waals surface area contributed by atoms with Crippen LogP contribution in [0.5, 0.6) is 0 Å². The molecule has 23 heavy (non-hydrogen) atoms. The van der Waals surface area contributed by atoms with Crippen LogP contribution in [0.3, 0.4) is 0 Å². The Morgan fingerprint density at radius 2 is 1.65 bits per heavy atom. The van der Waals surface area contributed by atoms with E-state index in [0.717, 1.165) is 12.3 Å². The van der Waals surface area contributed by atoms with Crippen LogP contribution in [-0.4, -0.2) is 74.6 Å². The van der Waals surface area contributed by atoms with Crippen molar-refractivity contribution in [3.05, 3.63) is 0 Å². The first-order valence-electron chi connectivity index (χ1n) is 8.96. The number of carbonyl (C=O) groups is 2. The van der Waals surface area contributed by atoms with Crippen molar-refractivity contribution in [3.8, 4) is 0 Å². The standard InChI is InChI=1S/C17H31N3O3/c1-23-13-8-18-14-17(22)20-11-9-19(10-12-20)16(21)7-6-15-4-2-3-5-15/h15,18H,2-14H2,1H3. The number of piperazine rings is 1. The molecule has 0 unspecified atom stereocenters. The summed E-state index contributed by atoms with van der Waals surface area (Å²) in [5, 5.41) is 3.07. The van der Waals surface area contributed by atoms with Gasteiger partial charge in [0.25, 0.3) is 0 Å². The fourth-order valence-electron chi connectivity index (χ4n) is 3.47. The normalized spacial score (nSPS) is 19.3. The maximum absolute atomic E-state index is 12.3. The minimum absolute atomic E-state index is 0.110. The summed E-state index contributed by atoms with van der Waals surface area (Å²) in [6.07, 6.45) is 6.98. The van der Waals surface area contributed by atoms with Gasteiger partial charge in [0.05, 0.1) is 13.2 Å². The zero-order chi connectivity index (χ0) is 16.5. The molecule has 132 valence electrons. The number of hydrogen-bond donors (Lipinski definition) is 1. The van der Waals surface area contributed by atoms with Crippen molar-refractivity contribution in [2.45, 2.75) is 38.5 Å². The van der Waals surface area contributed by atoms with E-state index in [-0.39, 0.29) is 11.8 Å². The van der Waals surface area contributed by atoms with Crippen molar-refractivity contribution < 1.29 is 14.3 Å². The zero-order valence-corrected chi connectivity index (χ0v) is 14.4. The average Bonchev–Trinajstić information content (AvgIpc) is 3.10. The van der Waals surface area contributed by atoms with Crippen LogP contribution < -0.4 is 5.32 Å². The summed E-state index contributed by atoms with van der Waals surface area (Å²) in [7, 11) is 1.65. The van der Waals surface area contributed by atoms with Gasteiger partial charge in [-0.3, -0.25) is 9.59 Å². The third kappa shape index (κ3) is 6.11. The molecule has 0 aromatic carbocycles. The summed E-state index contributed by atoms with van der Waals surface area (Å²) in [5.41, 5.74) is 0. The molecule has 1 N–H and O–H groups in total. The lowest BCUT2D eigenvalue weighted by Gasteiger charge is -2.35. The van der Waals surface area contributed by atoms with Crippen molar-refractivity contribution in [2.75, 3.05) is 53.0 Å². The van der Waals surface area contributed by atoms with Crippen LogP contribution in [0.25, 0.3) is 0 Å². The largest absolute Gasteiger partial charge is 0.383 e. The molecule has 0 bridgehead atoms. The van der Waals surface area contributed by atoms with Gasteiger partial charge < -0.3 is 19.9 Å². The van der Waals surface area contributed by atoms with Crippen LogP contribution in [-0.2, 0) is 14.3 Å². The van der Waals surface area contributed by atoms with Gasteiger partial charge in [-0.05, 0) is 12.3 Å². The molecule has 0 atom stereocenters. The second kappa shape index (κ2) is 9.88. The number of hydrogen-bond acceptors (Lipinski definition) is 4. The maximum Gasteiger partial charge on any atom is 0.236 e. The fourth-order valence-corrected chi connectivity index (χ4v) is 3.47. The lowest BCUT2D eigenvalue weighted by Crippen LogP contribution is -2.52. The van der Waals surface area contributed by atoms with Gasteiger partial charge in [-0.1, -0.05) is 25.7 Å². The molecule has 6 heteroatoms. The average molecular weight is 325 g/mol. The third-order valence-electron chi connectivity index (χ3n) is 4.99. The predicted molar refractivity (Wildman–Crippen MR) is 89.1 cm³/mol. The molecule has 0 aromatic heterocycles. The lowest BCUT2D eigenvalue weighted by molar-refractivity contribution is -0.139. The Morgan fingerprint density at radius 1 is 1.04 bits per heavy atom. The predicted octanol–water partition coefficient (Wildman–Crippen LogP) is 0.864. The van der Waals surface area contributed by atoms with Gasteiger partial charge in [0, 0.05) is 46.3 Å². The van der Waals surface area contributed by atoms with E-state index in [1.165, 1.54) is 25.7 Å². The second-order valence-corrected chi connectivity index (χ2v) is 6.62. The first kappa shape index (κ1) is 18.2. The molecule has 2 amide bonds. The zero-order valence-electron chi connectivity index (χ0n) is 14.4. The number of nitrogens with one attached hydrogen (secondary N) is 1. The van der Waals surface area contributed by atoms with Crippen LogP contribution in [0.15, 0.2) is 0 Å². The number of rotatable bonds is 8. The molecule has 1 aliphatic heterocycles. The van der Waals surface area contributed by atoms with E-state index < -0.39 is 0 Å². The minimum Gasteiger partial charge on any atom is -0.383 e. The molecular weight excluding hydrogens is 294 g/mol. The van der Waals surface area contributed by atoms with Crippen molar-refractivity contribution in [1.82, 2.24) is 15.1 Å². The van der Waals surface area contributed by atoms with Gasteiger partial charge in [-0.2, -0.15) is 0 Å². The van der Waals surface area contributed by atoms with Crippen LogP contribution in [0.4, 0.5) is 0 Å². The van der Waals surface area contributed by atoms with Gasteiger partial charge in [0.2, 0.25) is 11.8 Å². The first-order chi connectivity index (χ1) is 11.2. The number of ether oxygens (including phenoxy) is 1. The minimum atomic E-state index is 0.110. The highest BCUT2D eigenvalue weighted by atomic mass is 16.5. The Labute approximate surface area is 139 Å². The van der Waals surface area contributed by atoms with Crippen molar-refractivity contribution in [2.24, 2.45) is 5.92 Å². The molecule has 1 heterocycles. The van der Waals surface area contributed by atoms with E-state index in [9.17, 15) is 9.59 Å². The number of nitrogens with zero attached hydrogens (tertiary/aromatic N) is 2. The van der Waals surface area contributed by atoms with Gasteiger partial charge in [0.1, 0.15) is 0 Å². The maximum atomic E-state index is 12.3. The molecule has 2 aliphatic rings. The summed E-state index contributed by atoms with van der Waals surface area (Å²) in [4.78, 5) is 28.1. The highest BCUT2D eigenvalue weighted by Crippen LogP contribution is 2.28. The quantitative estimate of drug-likeness (QED) is 0.673. The molecule has 2 rings (SSSR count). The van der Waals surface area contributed by atoms with Gasteiger partial charge >= 0.3 is 0 Å². The van der Waals surface area contributed by atoms with Gasteiger partial charge in [-0.15, -0.1) is 0 Å². The molecule has 2 fully saturated rings. The first-order valence-corrected chi connectivity index (χ1v) is 8.96. The molecular formula is C17H31N3O3. The van der Waals surface area contributed by atoms with Crippen LogP contribution in [0.2, 0.25) is 0 Å². The van der Waals surface area contributed by atoms with E-state index in [0.29, 0.717) is 52.3 Å². The Morgan fingerprint density at radius 3 is 2.26 bits per heavy atom. The van der Waals surface area contributed by atoms with E-state index in [2.05, 4.69) is 5.32 Å². The Hall–Kier alpha value is -1.14. The molecule has 1 aliphatic carbocycles. The van der Waals surface area contributed by atoms with Crippen molar-refractivity contribution >= 4 is 11.8 Å². The number of carbonyl (C=O) groups excluding carboxylic acids is 2. The second-order valence-electron chi connectivity index (χ2n) is 6.62.